The average Bonchev–Trinajstić information content (AvgIpc) is 2.29. The summed E-state index contributed by atoms with van der Waals surface area (Å²) in [4.78, 5) is 0. The van der Waals surface area contributed by atoms with Crippen molar-refractivity contribution in [3.05, 3.63) is 35.9 Å². The van der Waals surface area contributed by atoms with Crippen molar-refractivity contribution in [1.29, 1.82) is 0 Å². The maximum atomic E-state index is 6.23. The largest absolute Gasteiger partial charge is 0.487 e. The predicted octanol–water partition coefficient (Wildman–Crippen LogP) is 3.37. The van der Waals surface area contributed by atoms with Crippen molar-refractivity contribution in [2.24, 2.45) is 5.73 Å². The molecule has 0 spiro atoms. The number of hydrogen-bond donors (Lipinski definition) is 1. The summed E-state index contributed by atoms with van der Waals surface area (Å²) in [5, 5.41) is 0. The summed E-state index contributed by atoms with van der Waals surface area (Å²) in [6.45, 7) is 2.72. The topological polar surface area (TPSA) is 35.2 Å². The minimum Gasteiger partial charge on any atom is -0.487 e. The molecule has 0 aromatic heterocycles. The van der Waals surface area contributed by atoms with Crippen LogP contribution in [0.1, 0.15) is 38.2 Å². The number of para-hydroxylation sites is 1. The molecular formula is C15H21NO. The minimum atomic E-state index is 0.00638. The van der Waals surface area contributed by atoms with Crippen LogP contribution in [0.2, 0.25) is 0 Å². The highest BCUT2D eigenvalue weighted by molar-refractivity contribution is 5.57. The molecule has 2 nitrogen and oxygen atoms in total. The Bertz CT molecular complexity index is 394. The molecule has 0 heterocycles. The highest BCUT2D eigenvalue weighted by atomic mass is 16.5. The summed E-state index contributed by atoms with van der Waals surface area (Å²) in [7, 11) is 0. The Morgan fingerprint density at radius 1 is 1.35 bits per heavy atom. The van der Waals surface area contributed by atoms with Crippen LogP contribution in [0.4, 0.5) is 0 Å². The van der Waals surface area contributed by atoms with E-state index >= 15 is 0 Å². The van der Waals surface area contributed by atoms with Crippen LogP contribution >= 0.6 is 0 Å². The van der Waals surface area contributed by atoms with E-state index in [1.165, 1.54) is 6.42 Å². The van der Waals surface area contributed by atoms with Crippen LogP contribution in [0.25, 0.3) is 6.08 Å². The lowest BCUT2D eigenvalue weighted by atomic mass is 9.77. The molecule has 1 aromatic carbocycles. The van der Waals surface area contributed by atoms with Crippen molar-refractivity contribution < 1.29 is 4.74 Å². The van der Waals surface area contributed by atoms with E-state index in [1.54, 1.807) is 0 Å². The van der Waals surface area contributed by atoms with Crippen molar-refractivity contribution >= 4 is 6.08 Å². The second-order valence-electron chi connectivity index (χ2n) is 4.72. The minimum absolute atomic E-state index is 0.00638. The number of rotatable bonds is 5. The van der Waals surface area contributed by atoms with Gasteiger partial charge in [-0.1, -0.05) is 30.4 Å². The molecule has 0 aliphatic heterocycles. The Hall–Kier alpha value is -1.28. The predicted molar refractivity (Wildman–Crippen MR) is 72.0 cm³/mol. The Balaban J connectivity index is 2.17. The van der Waals surface area contributed by atoms with Gasteiger partial charge in [-0.15, -0.1) is 0 Å². The quantitative estimate of drug-likeness (QED) is 0.843. The number of hydrogen-bond acceptors (Lipinski definition) is 2. The number of benzene rings is 1. The first kappa shape index (κ1) is 12.2. The van der Waals surface area contributed by atoms with Crippen LogP contribution in [0.3, 0.4) is 0 Å². The van der Waals surface area contributed by atoms with Gasteiger partial charge in [-0.25, -0.2) is 0 Å². The maximum absolute atomic E-state index is 6.23. The van der Waals surface area contributed by atoms with Crippen LogP contribution in [0, 0.1) is 0 Å². The van der Waals surface area contributed by atoms with Gasteiger partial charge in [0.05, 0.1) is 0 Å². The van der Waals surface area contributed by atoms with Gasteiger partial charge in [0.25, 0.3) is 0 Å². The van der Waals surface area contributed by atoms with Crippen LogP contribution in [0.5, 0.6) is 5.75 Å². The third kappa shape index (κ3) is 2.70. The van der Waals surface area contributed by atoms with Crippen LogP contribution < -0.4 is 10.5 Å². The lowest BCUT2D eigenvalue weighted by Gasteiger charge is -2.42. The highest BCUT2D eigenvalue weighted by Crippen LogP contribution is 2.40. The summed E-state index contributed by atoms with van der Waals surface area (Å²) in [6.07, 6.45) is 8.61. The SMILES string of the molecule is C/C=C/c1ccccc1OC1(CCN)CCC1. The molecule has 2 heteroatoms. The zero-order valence-corrected chi connectivity index (χ0v) is 10.5. The zero-order valence-electron chi connectivity index (χ0n) is 10.5. The van der Waals surface area contributed by atoms with Crippen LogP contribution in [-0.4, -0.2) is 12.1 Å². The van der Waals surface area contributed by atoms with Crippen molar-refractivity contribution in [3.8, 4) is 5.75 Å². The van der Waals surface area contributed by atoms with E-state index in [9.17, 15) is 0 Å². The Kier molecular flexibility index (Phi) is 3.85. The van der Waals surface area contributed by atoms with Crippen LogP contribution in [0.15, 0.2) is 30.3 Å². The molecule has 0 radical (unpaired) electrons. The normalized spacial score (nSPS) is 18.0. The summed E-state index contributed by atoms with van der Waals surface area (Å²) >= 11 is 0. The number of nitrogens with two attached hydrogens (primary N) is 1. The lowest BCUT2D eigenvalue weighted by molar-refractivity contribution is -0.0126. The fraction of sp³-hybridized carbons (Fsp3) is 0.467. The van der Waals surface area contributed by atoms with E-state index in [0.29, 0.717) is 6.54 Å². The Morgan fingerprint density at radius 2 is 2.12 bits per heavy atom. The van der Waals surface area contributed by atoms with Crippen molar-refractivity contribution in [3.63, 3.8) is 0 Å². The van der Waals surface area contributed by atoms with E-state index in [-0.39, 0.29) is 5.60 Å². The summed E-state index contributed by atoms with van der Waals surface area (Å²) in [5.74, 6) is 0.985. The third-order valence-electron chi connectivity index (χ3n) is 3.46. The molecule has 0 amide bonds. The summed E-state index contributed by atoms with van der Waals surface area (Å²) in [5.41, 5.74) is 6.84. The van der Waals surface area contributed by atoms with Crippen molar-refractivity contribution in [1.82, 2.24) is 0 Å². The first-order valence-electron chi connectivity index (χ1n) is 6.40. The van der Waals surface area contributed by atoms with Gasteiger partial charge in [0.2, 0.25) is 0 Å². The first-order chi connectivity index (χ1) is 8.29. The molecule has 0 saturated heterocycles. The molecule has 2 N–H and O–H groups in total. The van der Waals surface area contributed by atoms with Crippen LogP contribution in [-0.2, 0) is 0 Å². The van der Waals surface area contributed by atoms with Gasteiger partial charge in [0.1, 0.15) is 11.4 Å². The molecule has 92 valence electrons. The van der Waals surface area contributed by atoms with Gasteiger partial charge < -0.3 is 10.5 Å². The molecule has 1 saturated carbocycles. The molecule has 1 aromatic rings. The van der Waals surface area contributed by atoms with Gasteiger partial charge in [-0.05, 0) is 45.2 Å². The third-order valence-corrected chi connectivity index (χ3v) is 3.46. The molecular weight excluding hydrogens is 210 g/mol. The van der Waals surface area contributed by atoms with Gasteiger partial charge in [0.15, 0.2) is 0 Å². The lowest BCUT2D eigenvalue weighted by Crippen LogP contribution is -2.44. The molecule has 0 bridgehead atoms. The number of ether oxygens (including phenoxy) is 1. The molecule has 1 aliphatic rings. The molecule has 2 rings (SSSR count). The number of allylic oxidation sites excluding steroid dienone is 1. The fourth-order valence-electron chi connectivity index (χ4n) is 2.36. The van der Waals surface area contributed by atoms with Crippen molar-refractivity contribution in [2.75, 3.05) is 6.54 Å². The van der Waals surface area contributed by atoms with E-state index in [0.717, 1.165) is 30.6 Å². The Labute approximate surface area is 103 Å². The van der Waals surface area contributed by atoms with Gasteiger partial charge in [-0.3, -0.25) is 0 Å². The molecule has 0 atom stereocenters. The molecule has 0 unspecified atom stereocenters. The van der Waals surface area contributed by atoms with Crippen molar-refractivity contribution in [2.45, 2.75) is 38.2 Å². The molecule has 17 heavy (non-hydrogen) atoms. The van der Waals surface area contributed by atoms with Gasteiger partial charge in [-0.2, -0.15) is 0 Å². The maximum Gasteiger partial charge on any atom is 0.127 e. The van der Waals surface area contributed by atoms with E-state index in [1.807, 2.05) is 31.2 Å². The second kappa shape index (κ2) is 5.37. The van der Waals surface area contributed by atoms with E-state index < -0.39 is 0 Å². The highest BCUT2D eigenvalue weighted by Gasteiger charge is 2.38. The molecule has 1 aliphatic carbocycles. The smallest absolute Gasteiger partial charge is 0.127 e. The van der Waals surface area contributed by atoms with E-state index in [4.69, 9.17) is 10.5 Å². The summed E-state index contributed by atoms with van der Waals surface area (Å²) < 4.78 is 6.23. The standard InChI is InChI=1S/C15H21NO/c1-2-6-13-7-3-4-8-14(13)17-15(11-12-16)9-5-10-15/h2-4,6-8H,5,9-12,16H2,1H3/b6-2+. The summed E-state index contributed by atoms with van der Waals surface area (Å²) in [6, 6.07) is 8.20. The first-order valence-corrected chi connectivity index (χ1v) is 6.40. The average molecular weight is 231 g/mol. The monoisotopic (exact) mass is 231 g/mol. The Morgan fingerprint density at radius 3 is 2.71 bits per heavy atom. The van der Waals surface area contributed by atoms with Gasteiger partial charge in [0, 0.05) is 5.56 Å². The van der Waals surface area contributed by atoms with Gasteiger partial charge >= 0.3 is 0 Å². The zero-order chi connectivity index (χ0) is 12.1. The molecule has 1 fully saturated rings. The van der Waals surface area contributed by atoms with E-state index in [2.05, 4.69) is 12.1 Å². The fourth-order valence-corrected chi connectivity index (χ4v) is 2.36. The second-order valence-corrected chi connectivity index (χ2v) is 4.72.